The van der Waals surface area contributed by atoms with Crippen LogP contribution >= 0.6 is 0 Å². The fraction of sp³-hybridized carbons (Fsp3) is 1.00. The quantitative estimate of drug-likeness (QED) is 0.730. The Bertz CT molecular complexity index is 247. The monoisotopic (exact) mass is 240 g/mol. The van der Waals surface area contributed by atoms with Crippen LogP contribution in [-0.2, 0) is 0 Å². The number of nitrogens with zero attached hydrogens (tertiary/aromatic N) is 2. The van der Waals surface area contributed by atoms with Gasteiger partial charge in [-0.3, -0.25) is 9.80 Å². The zero-order valence-corrected chi connectivity index (χ0v) is 13.2. The van der Waals surface area contributed by atoms with Crippen molar-refractivity contribution in [3.05, 3.63) is 0 Å². The fourth-order valence-electron chi connectivity index (χ4n) is 3.05. The first-order chi connectivity index (χ1) is 7.53. The Kier molecular flexibility index (Phi) is 4.31. The molecule has 2 atom stereocenters. The number of likely N-dealkylation sites (N-methyl/N-ethyl adjacent to an activating group) is 1. The maximum Gasteiger partial charge on any atom is 0.0231 e. The van der Waals surface area contributed by atoms with Crippen LogP contribution in [0.15, 0.2) is 0 Å². The van der Waals surface area contributed by atoms with Crippen molar-refractivity contribution in [2.75, 3.05) is 13.6 Å². The molecule has 0 N–H and O–H groups in total. The smallest absolute Gasteiger partial charge is 0.0231 e. The summed E-state index contributed by atoms with van der Waals surface area (Å²) in [6.45, 7) is 17.5. The zero-order chi connectivity index (χ0) is 13.4. The summed E-state index contributed by atoms with van der Waals surface area (Å²) in [5.74, 6) is 0. The predicted molar refractivity (Wildman–Crippen MR) is 76.5 cm³/mol. The minimum Gasteiger partial charge on any atom is -0.300 e. The van der Waals surface area contributed by atoms with Gasteiger partial charge < -0.3 is 0 Å². The van der Waals surface area contributed by atoms with Crippen molar-refractivity contribution in [1.29, 1.82) is 0 Å². The van der Waals surface area contributed by atoms with E-state index in [1.807, 2.05) is 0 Å². The van der Waals surface area contributed by atoms with Crippen LogP contribution in [0.3, 0.4) is 0 Å². The molecule has 1 aliphatic rings. The molecule has 1 saturated heterocycles. The molecule has 1 fully saturated rings. The van der Waals surface area contributed by atoms with Gasteiger partial charge in [-0.2, -0.15) is 0 Å². The summed E-state index contributed by atoms with van der Waals surface area (Å²) in [4.78, 5) is 5.21. The van der Waals surface area contributed by atoms with Gasteiger partial charge in [-0.1, -0.05) is 0 Å². The van der Waals surface area contributed by atoms with Crippen LogP contribution in [0.25, 0.3) is 0 Å². The molecule has 1 heterocycles. The lowest BCUT2D eigenvalue weighted by Crippen LogP contribution is -2.53. The summed E-state index contributed by atoms with van der Waals surface area (Å²) in [6.07, 6.45) is 2.69. The van der Waals surface area contributed by atoms with Gasteiger partial charge in [0.15, 0.2) is 0 Å². The third-order valence-corrected chi connectivity index (χ3v) is 4.19. The maximum absolute atomic E-state index is 2.72. The molecule has 2 nitrogen and oxygen atoms in total. The Balaban J connectivity index is 2.71. The van der Waals surface area contributed by atoms with Crippen LogP contribution in [0.1, 0.15) is 61.3 Å². The van der Waals surface area contributed by atoms with Crippen molar-refractivity contribution < 1.29 is 0 Å². The topological polar surface area (TPSA) is 6.48 Å². The first-order valence-electron chi connectivity index (χ1n) is 7.03. The van der Waals surface area contributed by atoms with Crippen LogP contribution in [0.5, 0.6) is 0 Å². The van der Waals surface area contributed by atoms with Crippen LogP contribution in [0, 0.1) is 0 Å². The number of rotatable bonds is 2. The Morgan fingerprint density at radius 3 is 2.00 bits per heavy atom. The molecule has 17 heavy (non-hydrogen) atoms. The van der Waals surface area contributed by atoms with Gasteiger partial charge in [-0.15, -0.1) is 0 Å². The summed E-state index contributed by atoms with van der Waals surface area (Å²) in [5, 5.41) is 0. The lowest BCUT2D eigenvalue weighted by molar-refractivity contribution is 0.0479. The van der Waals surface area contributed by atoms with Crippen LogP contribution in [0.2, 0.25) is 0 Å². The summed E-state index contributed by atoms with van der Waals surface area (Å²) >= 11 is 0. The van der Waals surface area contributed by atoms with Gasteiger partial charge in [-0.25, -0.2) is 0 Å². The highest BCUT2D eigenvalue weighted by Crippen LogP contribution is 2.32. The van der Waals surface area contributed by atoms with Crippen LogP contribution in [-0.4, -0.2) is 46.6 Å². The molecule has 0 aromatic carbocycles. The summed E-state index contributed by atoms with van der Waals surface area (Å²) in [5.41, 5.74) is 0.564. The number of hydrogen-bond acceptors (Lipinski definition) is 2. The highest BCUT2D eigenvalue weighted by atomic mass is 15.3. The highest BCUT2D eigenvalue weighted by molar-refractivity contribution is 4.94. The van der Waals surface area contributed by atoms with E-state index < -0.39 is 0 Å². The highest BCUT2D eigenvalue weighted by Gasteiger charge is 2.38. The minimum absolute atomic E-state index is 0.273. The molecular weight excluding hydrogens is 208 g/mol. The summed E-state index contributed by atoms with van der Waals surface area (Å²) < 4.78 is 0. The third-order valence-electron chi connectivity index (χ3n) is 4.19. The number of hydrogen-bond donors (Lipinski definition) is 0. The van der Waals surface area contributed by atoms with Crippen LogP contribution < -0.4 is 0 Å². The molecule has 0 bridgehead atoms. The van der Waals surface area contributed by atoms with E-state index in [9.17, 15) is 0 Å². The average molecular weight is 240 g/mol. The molecule has 2 unspecified atom stereocenters. The van der Waals surface area contributed by atoms with Gasteiger partial charge >= 0.3 is 0 Å². The second kappa shape index (κ2) is 4.89. The SMILES string of the molecule is CC1CCC(CN(C)C(C)(C)C)N1C(C)(C)C. The van der Waals surface area contributed by atoms with E-state index in [2.05, 4.69) is 65.3 Å². The first-order valence-corrected chi connectivity index (χ1v) is 7.03. The second-order valence-electron chi connectivity index (χ2n) is 7.71. The molecule has 0 aromatic heterocycles. The maximum atomic E-state index is 2.72. The van der Waals surface area contributed by atoms with Crippen molar-refractivity contribution in [1.82, 2.24) is 9.80 Å². The van der Waals surface area contributed by atoms with Gasteiger partial charge in [0.1, 0.15) is 0 Å². The lowest BCUT2D eigenvalue weighted by Gasteiger charge is -2.43. The van der Waals surface area contributed by atoms with Crippen LogP contribution in [0.4, 0.5) is 0 Å². The molecule has 1 aliphatic heterocycles. The molecule has 0 aliphatic carbocycles. The molecule has 2 heteroatoms. The van der Waals surface area contributed by atoms with Gasteiger partial charge in [0.05, 0.1) is 0 Å². The molecule has 102 valence electrons. The molecular formula is C15H32N2. The third kappa shape index (κ3) is 3.69. The standard InChI is InChI=1S/C15H32N2/c1-12-9-10-13(17(12)15(5,6)7)11-16(8)14(2,3)4/h12-13H,9-11H2,1-8H3. The largest absolute Gasteiger partial charge is 0.300 e. The van der Waals surface area contributed by atoms with Crippen molar-refractivity contribution in [3.63, 3.8) is 0 Å². The molecule has 0 saturated carbocycles. The summed E-state index contributed by atoms with van der Waals surface area (Å²) in [6, 6.07) is 1.45. The van der Waals surface area contributed by atoms with E-state index in [1.54, 1.807) is 0 Å². The number of likely N-dealkylation sites (tertiary alicyclic amines) is 1. The van der Waals surface area contributed by atoms with Crippen molar-refractivity contribution in [2.24, 2.45) is 0 Å². The van der Waals surface area contributed by atoms with E-state index in [-0.39, 0.29) is 5.54 Å². The van der Waals surface area contributed by atoms with E-state index in [0.29, 0.717) is 11.6 Å². The Labute approximate surface area is 108 Å². The zero-order valence-electron chi connectivity index (χ0n) is 13.2. The van der Waals surface area contributed by atoms with E-state index in [1.165, 1.54) is 19.4 Å². The lowest BCUT2D eigenvalue weighted by atomic mass is 10.0. The minimum atomic E-state index is 0.273. The Morgan fingerprint density at radius 1 is 1.06 bits per heavy atom. The van der Waals surface area contributed by atoms with Crippen molar-refractivity contribution in [3.8, 4) is 0 Å². The summed E-state index contributed by atoms with van der Waals surface area (Å²) in [7, 11) is 2.25. The Hall–Kier alpha value is -0.0800. The molecule has 0 radical (unpaired) electrons. The average Bonchev–Trinajstić information content (AvgIpc) is 2.44. The van der Waals surface area contributed by atoms with Gasteiger partial charge in [-0.05, 0) is 68.4 Å². The second-order valence-corrected chi connectivity index (χ2v) is 7.71. The normalized spacial score (nSPS) is 28.1. The van der Waals surface area contributed by atoms with Gasteiger partial charge in [0.25, 0.3) is 0 Å². The molecule has 0 spiro atoms. The Morgan fingerprint density at radius 2 is 1.59 bits per heavy atom. The van der Waals surface area contributed by atoms with Crippen molar-refractivity contribution >= 4 is 0 Å². The molecule has 1 rings (SSSR count). The van der Waals surface area contributed by atoms with E-state index in [0.717, 1.165) is 6.04 Å². The predicted octanol–water partition coefficient (Wildman–Crippen LogP) is 3.37. The van der Waals surface area contributed by atoms with Crippen molar-refractivity contribution in [2.45, 2.75) is 84.5 Å². The first kappa shape index (κ1) is 15.0. The van der Waals surface area contributed by atoms with E-state index >= 15 is 0 Å². The molecule has 0 amide bonds. The fourth-order valence-corrected chi connectivity index (χ4v) is 3.05. The van der Waals surface area contributed by atoms with Gasteiger partial charge in [0.2, 0.25) is 0 Å². The van der Waals surface area contributed by atoms with Gasteiger partial charge in [0, 0.05) is 29.7 Å². The molecule has 0 aromatic rings. The van der Waals surface area contributed by atoms with E-state index in [4.69, 9.17) is 0 Å².